The van der Waals surface area contributed by atoms with Crippen LogP contribution in [0.3, 0.4) is 0 Å². The molecule has 0 bridgehead atoms. The van der Waals surface area contributed by atoms with E-state index in [-0.39, 0.29) is 13.2 Å². The molecule has 0 amide bonds. The first-order chi connectivity index (χ1) is 6.51. The first-order valence-corrected chi connectivity index (χ1v) is 6.32. The molecule has 0 rings (SSSR count). The third-order valence-corrected chi connectivity index (χ3v) is 4.33. The van der Waals surface area contributed by atoms with Crippen LogP contribution < -0.4 is 0 Å². The highest BCUT2D eigenvalue weighted by Crippen LogP contribution is 2.54. The van der Waals surface area contributed by atoms with Crippen molar-refractivity contribution in [3.63, 3.8) is 0 Å². The van der Waals surface area contributed by atoms with Crippen LogP contribution in [0.1, 0.15) is 20.8 Å². The second kappa shape index (κ2) is 6.36. The molecule has 0 aliphatic heterocycles. The van der Waals surface area contributed by atoms with Crippen LogP contribution in [0.2, 0.25) is 0 Å². The lowest BCUT2D eigenvalue weighted by Crippen LogP contribution is -2.23. The molecule has 0 spiro atoms. The van der Waals surface area contributed by atoms with Gasteiger partial charge in [0, 0.05) is 0 Å². The van der Waals surface area contributed by atoms with Crippen LogP contribution in [0.4, 0.5) is 0 Å². The Morgan fingerprint density at radius 3 is 2.07 bits per heavy atom. The van der Waals surface area contributed by atoms with Crippen molar-refractivity contribution in [2.24, 2.45) is 0 Å². The molecular formula is C9H19O4P. The molecule has 0 aliphatic carbocycles. The zero-order valence-corrected chi connectivity index (χ0v) is 9.87. The molecule has 5 heteroatoms. The molecule has 0 heterocycles. The Morgan fingerprint density at radius 2 is 1.86 bits per heavy atom. The van der Waals surface area contributed by atoms with Gasteiger partial charge in [0.1, 0.15) is 5.66 Å². The highest BCUT2D eigenvalue weighted by atomic mass is 31.2. The van der Waals surface area contributed by atoms with Crippen molar-refractivity contribution in [2.45, 2.75) is 32.5 Å². The van der Waals surface area contributed by atoms with E-state index in [4.69, 9.17) is 9.05 Å². The Balaban J connectivity index is 4.75. The predicted molar refractivity (Wildman–Crippen MR) is 56.5 cm³/mol. The van der Waals surface area contributed by atoms with Crippen molar-refractivity contribution in [2.75, 3.05) is 13.2 Å². The highest BCUT2D eigenvalue weighted by molar-refractivity contribution is 7.55. The number of rotatable bonds is 7. The summed E-state index contributed by atoms with van der Waals surface area (Å²) in [5, 5.41) is 9.40. The predicted octanol–water partition coefficient (Wildman–Crippen LogP) is 2.19. The summed E-state index contributed by atoms with van der Waals surface area (Å²) in [5.41, 5.74) is -0.664. The second-order valence-electron chi connectivity index (χ2n) is 2.84. The van der Waals surface area contributed by atoms with Gasteiger partial charge in [0.25, 0.3) is 0 Å². The molecule has 0 aromatic carbocycles. The molecule has 0 aromatic heterocycles. The van der Waals surface area contributed by atoms with Crippen LogP contribution >= 0.6 is 7.60 Å². The van der Waals surface area contributed by atoms with Gasteiger partial charge >= 0.3 is 7.60 Å². The van der Waals surface area contributed by atoms with E-state index in [1.165, 1.54) is 13.0 Å². The van der Waals surface area contributed by atoms with Crippen LogP contribution in [0.5, 0.6) is 0 Å². The van der Waals surface area contributed by atoms with Gasteiger partial charge in [0.05, 0.1) is 19.3 Å². The third-order valence-electron chi connectivity index (χ3n) is 1.72. The van der Waals surface area contributed by atoms with E-state index in [2.05, 4.69) is 6.58 Å². The fourth-order valence-corrected chi connectivity index (χ4v) is 3.08. The van der Waals surface area contributed by atoms with Crippen molar-refractivity contribution in [1.82, 2.24) is 0 Å². The summed E-state index contributed by atoms with van der Waals surface area (Å²) in [5.74, 6) is 0. The third kappa shape index (κ3) is 3.54. The molecule has 84 valence electrons. The molecular weight excluding hydrogens is 203 g/mol. The maximum Gasteiger partial charge on any atom is 0.340 e. The van der Waals surface area contributed by atoms with Gasteiger partial charge in [-0.3, -0.25) is 4.57 Å². The first kappa shape index (κ1) is 13.8. The van der Waals surface area contributed by atoms with Crippen LogP contribution in [0.15, 0.2) is 12.7 Å². The number of hydrogen-bond acceptors (Lipinski definition) is 4. The maximum absolute atomic E-state index is 12.1. The van der Waals surface area contributed by atoms with E-state index in [1.54, 1.807) is 13.8 Å². The van der Waals surface area contributed by atoms with Gasteiger partial charge in [-0.1, -0.05) is 6.08 Å². The lowest BCUT2D eigenvalue weighted by atomic mass is 10.3. The summed E-state index contributed by atoms with van der Waals surface area (Å²) in [6.45, 7) is 9.09. The van der Waals surface area contributed by atoms with Gasteiger partial charge in [-0.2, -0.15) is 0 Å². The zero-order chi connectivity index (χ0) is 11.2. The molecule has 0 unspecified atom stereocenters. The monoisotopic (exact) mass is 222 g/mol. The Kier molecular flexibility index (Phi) is 6.29. The fourth-order valence-electron chi connectivity index (χ4n) is 1.16. The largest absolute Gasteiger partial charge is 0.392 e. The SMILES string of the molecule is C=C[C@H]([C@@H](C)O)P(=O)(OCC)OCC. The molecule has 0 fully saturated rings. The van der Waals surface area contributed by atoms with Gasteiger partial charge < -0.3 is 14.2 Å². The summed E-state index contributed by atoms with van der Waals surface area (Å²) >= 11 is 0. The minimum absolute atomic E-state index is 0.286. The first-order valence-electron chi connectivity index (χ1n) is 4.71. The summed E-state index contributed by atoms with van der Waals surface area (Å²) in [7, 11) is -3.25. The Bertz CT molecular complexity index is 205. The topological polar surface area (TPSA) is 55.8 Å². The van der Waals surface area contributed by atoms with Crippen molar-refractivity contribution >= 4 is 7.60 Å². The number of aliphatic hydroxyl groups is 1. The zero-order valence-electron chi connectivity index (χ0n) is 8.97. The lowest BCUT2D eigenvalue weighted by Gasteiger charge is -2.25. The highest BCUT2D eigenvalue weighted by Gasteiger charge is 2.36. The lowest BCUT2D eigenvalue weighted by molar-refractivity contribution is 0.163. The van der Waals surface area contributed by atoms with Crippen molar-refractivity contribution < 1.29 is 18.7 Å². The fraction of sp³-hybridized carbons (Fsp3) is 0.778. The van der Waals surface area contributed by atoms with Crippen LogP contribution in [0.25, 0.3) is 0 Å². The van der Waals surface area contributed by atoms with Crippen LogP contribution in [0, 0.1) is 0 Å². The Hall–Kier alpha value is -0.150. The van der Waals surface area contributed by atoms with Gasteiger partial charge in [-0.25, -0.2) is 0 Å². The standard InChI is InChI=1S/C9H19O4P/c1-5-9(8(4)10)14(11,12-6-2)13-7-3/h5,8-10H,1,6-7H2,2-4H3/t8-,9-/m1/s1. The van der Waals surface area contributed by atoms with E-state index >= 15 is 0 Å². The van der Waals surface area contributed by atoms with Crippen molar-refractivity contribution in [3.05, 3.63) is 12.7 Å². The molecule has 0 saturated carbocycles. The molecule has 0 aliphatic rings. The summed E-state index contributed by atoms with van der Waals surface area (Å²) in [4.78, 5) is 0. The summed E-state index contributed by atoms with van der Waals surface area (Å²) < 4.78 is 22.3. The van der Waals surface area contributed by atoms with Gasteiger partial charge in [0.2, 0.25) is 0 Å². The molecule has 2 atom stereocenters. The Morgan fingerprint density at radius 1 is 1.43 bits per heavy atom. The van der Waals surface area contributed by atoms with Gasteiger partial charge in [-0.05, 0) is 20.8 Å². The van der Waals surface area contributed by atoms with Crippen LogP contribution in [-0.2, 0) is 13.6 Å². The quantitative estimate of drug-likeness (QED) is 0.530. The molecule has 1 N–H and O–H groups in total. The minimum atomic E-state index is -3.25. The second-order valence-corrected chi connectivity index (χ2v) is 5.03. The normalized spacial score (nSPS) is 16.3. The number of aliphatic hydroxyl groups excluding tert-OH is 1. The molecule has 4 nitrogen and oxygen atoms in total. The minimum Gasteiger partial charge on any atom is -0.392 e. The number of hydrogen-bond donors (Lipinski definition) is 1. The van der Waals surface area contributed by atoms with E-state index in [9.17, 15) is 9.67 Å². The van der Waals surface area contributed by atoms with E-state index in [1.807, 2.05) is 0 Å². The molecule has 0 radical (unpaired) electrons. The van der Waals surface area contributed by atoms with Crippen molar-refractivity contribution in [3.8, 4) is 0 Å². The summed E-state index contributed by atoms with van der Waals surface area (Å²) in [6, 6.07) is 0. The molecule has 0 aromatic rings. The van der Waals surface area contributed by atoms with E-state index < -0.39 is 19.4 Å². The van der Waals surface area contributed by atoms with E-state index in [0.717, 1.165) is 0 Å². The summed E-state index contributed by atoms with van der Waals surface area (Å²) in [6.07, 6.45) is 0.618. The molecule has 14 heavy (non-hydrogen) atoms. The molecule has 0 saturated heterocycles. The van der Waals surface area contributed by atoms with E-state index in [0.29, 0.717) is 0 Å². The average Bonchev–Trinajstić information content (AvgIpc) is 2.04. The van der Waals surface area contributed by atoms with Crippen LogP contribution in [-0.4, -0.2) is 30.1 Å². The Labute approximate surface area is 85.5 Å². The van der Waals surface area contributed by atoms with Gasteiger partial charge in [-0.15, -0.1) is 6.58 Å². The smallest absolute Gasteiger partial charge is 0.340 e. The maximum atomic E-state index is 12.1. The average molecular weight is 222 g/mol. The van der Waals surface area contributed by atoms with Gasteiger partial charge in [0.15, 0.2) is 0 Å². The van der Waals surface area contributed by atoms with Crippen molar-refractivity contribution in [1.29, 1.82) is 0 Å².